The number of pyridine rings is 1. The molecule has 0 aliphatic heterocycles. The van der Waals surface area contributed by atoms with Crippen LogP contribution in [0.2, 0.25) is 0 Å². The second-order valence-corrected chi connectivity index (χ2v) is 10.5. The molecule has 0 radical (unpaired) electrons. The lowest BCUT2D eigenvalue weighted by Gasteiger charge is -2.19. The van der Waals surface area contributed by atoms with Crippen LogP contribution >= 0.6 is 23.1 Å². The van der Waals surface area contributed by atoms with Gasteiger partial charge in [-0.15, -0.1) is 11.8 Å². The standard InChI is InChI=1S/C27H29N3O2S2/c1-19(2)23-9-6-10-24-26(23)29-27(34-24)30(18-20-8-4-5-16-28-20)25(31)11-7-17-33-22-14-12-21(32-3)13-15-22/h4-6,8-10,12-16,19H,7,11,17-18H2,1-3H3. The zero-order chi connectivity index (χ0) is 23.9. The van der Waals surface area contributed by atoms with E-state index in [1.165, 1.54) is 10.5 Å². The lowest BCUT2D eigenvalue weighted by Crippen LogP contribution is -2.30. The van der Waals surface area contributed by atoms with Gasteiger partial charge in [-0.2, -0.15) is 0 Å². The summed E-state index contributed by atoms with van der Waals surface area (Å²) in [4.78, 5) is 25.7. The molecular weight excluding hydrogens is 462 g/mol. The summed E-state index contributed by atoms with van der Waals surface area (Å²) in [5.74, 6) is 2.16. The highest BCUT2D eigenvalue weighted by Crippen LogP contribution is 2.34. The summed E-state index contributed by atoms with van der Waals surface area (Å²) in [6, 6.07) is 20.1. The van der Waals surface area contributed by atoms with Crippen molar-refractivity contribution >= 4 is 44.4 Å². The van der Waals surface area contributed by atoms with Crippen LogP contribution in [0.3, 0.4) is 0 Å². The molecule has 2 aromatic carbocycles. The van der Waals surface area contributed by atoms with Gasteiger partial charge in [-0.1, -0.05) is 43.4 Å². The van der Waals surface area contributed by atoms with E-state index in [1.54, 1.807) is 41.3 Å². The quantitative estimate of drug-likeness (QED) is 0.178. The molecule has 0 aliphatic carbocycles. The van der Waals surface area contributed by atoms with Crippen LogP contribution in [-0.4, -0.2) is 28.7 Å². The van der Waals surface area contributed by atoms with Gasteiger partial charge in [-0.25, -0.2) is 4.98 Å². The monoisotopic (exact) mass is 491 g/mol. The highest BCUT2D eigenvalue weighted by Gasteiger charge is 2.21. The Morgan fingerprint density at radius 2 is 1.91 bits per heavy atom. The summed E-state index contributed by atoms with van der Waals surface area (Å²) in [6.07, 6.45) is 3.01. The Morgan fingerprint density at radius 1 is 1.09 bits per heavy atom. The second-order valence-electron chi connectivity index (χ2n) is 8.27. The van der Waals surface area contributed by atoms with Crippen molar-refractivity contribution in [2.24, 2.45) is 0 Å². The van der Waals surface area contributed by atoms with E-state index in [-0.39, 0.29) is 5.91 Å². The Labute approximate surface area is 209 Å². The van der Waals surface area contributed by atoms with E-state index in [2.05, 4.69) is 37.0 Å². The molecule has 0 saturated heterocycles. The summed E-state index contributed by atoms with van der Waals surface area (Å²) in [5, 5.41) is 0.738. The van der Waals surface area contributed by atoms with Crippen LogP contribution in [0.1, 0.15) is 43.9 Å². The molecule has 5 nitrogen and oxygen atoms in total. The van der Waals surface area contributed by atoms with Crippen LogP contribution in [0.15, 0.2) is 71.8 Å². The summed E-state index contributed by atoms with van der Waals surface area (Å²) in [7, 11) is 1.67. The molecule has 2 heterocycles. The number of amides is 1. The molecule has 0 aliphatic rings. The average Bonchev–Trinajstić information content (AvgIpc) is 3.30. The van der Waals surface area contributed by atoms with Crippen molar-refractivity contribution in [1.29, 1.82) is 0 Å². The number of anilines is 1. The van der Waals surface area contributed by atoms with Gasteiger partial charge in [0.2, 0.25) is 5.91 Å². The molecule has 0 saturated carbocycles. The normalized spacial score (nSPS) is 11.2. The number of carbonyl (C=O) groups excluding carboxylic acids is 1. The zero-order valence-electron chi connectivity index (χ0n) is 19.7. The molecule has 0 N–H and O–H groups in total. The maximum absolute atomic E-state index is 13.4. The van der Waals surface area contributed by atoms with Gasteiger partial charge in [0.15, 0.2) is 5.13 Å². The van der Waals surface area contributed by atoms with Crippen LogP contribution in [0.5, 0.6) is 5.75 Å². The van der Waals surface area contributed by atoms with E-state index in [0.29, 0.717) is 18.9 Å². The van der Waals surface area contributed by atoms with Crippen LogP contribution in [-0.2, 0) is 11.3 Å². The van der Waals surface area contributed by atoms with E-state index >= 15 is 0 Å². The molecule has 1 amide bonds. The molecule has 0 fully saturated rings. The number of nitrogens with zero attached hydrogens (tertiary/aromatic N) is 3. The minimum Gasteiger partial charge on any atom is -0.497 e. The molecule has 4 aromatic rings. The third kappa shape index (κ3) is 5.96. The maximum atomic E-state index is 13.4. The first-order chi connectivity index (χ1) is 16.5. The van der Waals surface area contributed by atoms with E-state index in [0.717, 1.165) is 39.0 Å². The predicted molar refractivity (Wildman–Crippen MR) is 142 cm³/mol. The molecule has 0 unspecified atom stereocenters. The van der Waals surface area contributed by atoms with Crippen molar-refractivity contribution in [3.8, 4) is 5.75 Å². The van der Waals surface area contributed by atoms with Gasteiger partial charge in [-0.3, -0.25) is 14.7 Å². The molecule has 4 rings (SSSR count). The smallest absolute Gasteiger partial charge is 0.229 e. The molecule has 0 bridgehead atoms. The average molecular weight is 492 g/mol. The number of thiazole rings is 1. The minimum atomic E-state index is 0.0751. The number of ether oxygens (including phenoxy) is 1. The van der Waals surface area contributed by atoms with Gasteiger partial charge in [0.1, 0.15) is 5.75 Å². The van der Waals surface area contributed by atoms with E-state index in [9.17, 15) is 4.79 Å². The van der Waals surface area contributed by atoms with Crippen LogP contribution in [0.25, 0.3) is 10.2 Å². The highest BCUT2D eigenvalue weighted by molar-refractivity contribution is 7.99. The number of hydrogen-bond donors (Lipinski definition) is 0. The number of carbonyl (C=O) groups is 1. The van der Waals surface area contributed by atoms with Crippen molar-refractivity contribution < 1.29 is 9.53 Å². The summed E-state index contributed by atoms with van der Waals surface area (Å²) in [5.41, 5.74) is 3.05. The fraction of sp³-hybridized carbons (Fsp3) is 0.296. The largest absolute Gasteiger partial charge is 0.497 e. The summed E-state index contributed by atoms with van der Waals surface area (Å²) < 4.78 is 6.32. The van der Waals surface area contributed by atoms with E-state index < -0.39 is 0 Å². The molecule has 0 atom stereocenters. The fourth-order valence-electron chi connectivity index (χ4n) is 3.68. The number of hydrogen-bond acceptors (Lipinski definition) is 6. The van der Waals surface area contributed by atoms with Gasteiger partial charge in [0.25, 0.3) is 0 Å². The topological polar surface area (TPSA) is 55.3 Å². The van der Waals surface area contributed by atoms with Crippen molar-refractivity contribution in [3.05, 3.63) is 78.1 Å². The Hall–Kier alpha value is -2.90. The first-order valence-electron chi connectivity index (χ1n) is 11.4. The van der Waals surface area contributed by atoms with E-state index in [1.807, 2.05) is 42.5 Å². The number of rotatable bonds is 10. The summed E-state index contributed by atoms with van der Waals surface area (Å²) in [6.45, 7) is 4.76. The van der Waals surface area contributed by atoms with E-state index in [4.69, 9.17) is 9.72 Å². The number of methoxy groups -OCH3 is 1. The van der Waals surface area contributed by atoms with Crippen molar-refractivity contribution in [2.45, 2.75) is 44.0 Å². The minimum absolute atomic E-state index is 0.0751. The molecular formula is C27H29N3O2S2. The van der Waals surface area contributed by atoms with Gasteiger partial charge < -0.3 is 4.74 Å². The Morgan fingerprint density at radius 3 is 2.62 bits per heavy atom. The van der Waals surface area contributed by atoms with Crippen molar-refractivity contribution in [2.75, 3.05) is 17.8 Å². The number of benzene rings is 2. The number of aromatic nitrogens is 2. The Bertz CT molecular complexity index is 1220. The van der Waals surface area contributed by atoms with Crippen LogP contribution in [0.4, 0.5) is 5.13 Å². The van der Waals surface area contributed by atoms with Crippen molar-refractivity contribution in [3.63, 3.8) is 0 Å². The zero-order valence-corrected chi connectivity index (χ0v) is 21.4. The molecule has 7 heteroatoms. The highest BCUT2D eigenvalue weighted by atomic mass is 32.2. The molecule has 0 spiro atoms. The first kappa shape index (κ1) is 24.2. The lowest BCUT2D eigenvalue weighted by atomic mass is 10.0. The van der Waals surface area contributed by atoms with Gasteiger partial charge in [0.05, 0.1) is 29.6 Å². The predicted octanol–water partition coefficient (Wildman–Crippen LogP) is 6.93. The lowest BCUT2D eigenvalue weighted by molar-refractivity contribution is -0.118. The van der Waals surface area contributed by atoms with Crippen molar-refractivity contribution in [1.82, 2.24) is 9.97 Å². The molecule has 34 heavy (non-hydrogen) atoms. The summed E-state index contributed by atoms with van der Waals surface area (Å²) >= 11 is 3.32. The van der Waals surface area contributed by atoms with Crippen LogP contribution in [0, 0.1) is 0 Å². The fourth-order valence-corrected chi connectivity index (χ4v) is 5.55. The number of thioether (sulfide) groups is 1. The Balaban J connectivity index is 1.48. The van der Waals surface area contributed by atoms with Gasteiger partial charge >= 0.3 is 0 Å². The SMILES string of the molecule is COc1ccc(SCCCC(=O)N(Cc2ccccn2)c2nc3c(C(C)C)cccc3s2)cc1. The van der Waals surface area contributed by atoms with Crippen LogP contribution < -0.4 is 9.64 Å². The molecule has 176 valence electrons. The Kier molecular flexibility index (Phi) is 8.19. The third-order valence-corrected chi connectivity index (χ3v) is 7.64. The third-order valence-electron chi connectivity index (χ3n) is 5.50. The number of fused-ring (bicyclic) bond motifs is 1. The maximum Gasteiger partial charge on any atom is 0.229 e. The second kappa shape index (κ2) is 11.5. The molecule has 2 aromatic heterocycles. The van der Waals surface area contributed by atoms with Gasteiger partial charge in [-0.05, 0) is 66.1 Å². The van der Waals surface area contributed by atoms with Gasteiger partial charge in [0, 0.05) is 17.5 Å². The first-order valence-corrected chi connectivity index (χ1v) is 13.2. The number of para-hydroxylation sites is 1.